The summed E-state index contributed by atoms with van der Waals surface area (Å²) >= 11 is 6.65. The predicted molar refractivity (Wildman–Crippen MR) is 147 cm³/mol. The van der Waals surface area contributed by atoms with E-state index in [0.717, 1.165) is 36.7 Å². The highest BCUT2D eigenvalue weighted by Crippen LogP contribution is 2.39. The first-order valence-electron chi connectivity index (χ1n) is 12.9. The Labute approximate surface area is 221 Å². The molecule has 3 aromatic carbocycles. The number of rotatable bonds is 8. The fraction of sp³-hybridized carbons (Fsp3) is 0.300. The second-order valence-corrected chi connectivity index (χ2v) is 10.2. The number of carbonyl (C=O) groups excluding carboxylic acids is 1. The number of nitrogens with one attached hydrogen (secondary N) is 2. The van der Waals surface area contributed by atoms with E-state index in [9.17, 15) is 14.7 Å². The third-order valence-electron chi connectivity index (χ3n) is 7.32. The molecular formula is C30H30ClN3O3. The molecule has 0 radical (unpaired) electrons. The maximum atomic E-state index is 13.2. The van der Waals surface area contributed by atoms with Gasteiger partial charge in [0.15, 0.2) is 0 Å². The zero-order valence-corrected chi connectivity index (χ0v) is 21.5. The van der Waals surface area contributed by atoms with E-state index in [0.29, 0.717) is 39.0 Å². The van der Waals surface area contributed by atoms with Crippen molar-refractivity contribution in [3.8, 4) is 22.5 Å². The number of hydrogen-bond donors (Lipinski definition) is 3. The molecule has 1 heterocycles. The lowest BCUT2D eigenvalue weighted by Gasteiger charge is -2.24. The summed E-state index contributed by atoms with van der Waals surface area (Å²) in [5.74, 6) is -0.287. The van der Waals surface area contributed by atoms with Gasteiger partial charge in [-0.1, -0.05) is 68.1 Å². The number of hydrogen-bond acceptors (Lipinski definition) is 3. The van der Waals surface area contributed by atoms with Crippen molar-refractivity contribution in [2.45, 2.75) is 51.5 Å². The monoisotopic (exact) mass is 515 g/mol. The smallest absolute Gasteiger partial charge is 0.336 e. The summed E-state index contributed by atoms with van der Waals surface area (Å²) in [5, 5.41) is 13.7. The van der Waals surface area contributed by atoms with Crippen molar-refractivity contribution >= 4 is 34.5 Å². The minimum Gasteiger partial charge on any atom is -0.478 e. The molecule has 1 amide bonds. The molecule has 1 fully saturated rings. The predicted octanol–water partition coefficient (Wildman–Crippen LogP) is 7.34. The number of carbonyl (C=O) groups is 2. The molecule has 190 valence electrons. The van der Waals surface area contributed by atoms with Crippen molar-refractivity contribution in [1.82, 2.24) is 15.3 Å². The number of carboxylic acids is 1. The van der Waals surface area contributed by atoms with Gasteiger partial charge in [0.25, 0.3) is 5.91 Å². The van der Waals surface area contributed by atoms with Gasteiger partial charge in [-0.25, -0.2) is 9.78 Å². The normalized spacial score (nSPS) is 14.6. The van der Waals surface area contributed by atoms with Crippen molar-refractivity contribution in [3.05, 3.63) is 76.8 Å². The molecule has 0 saturated heterocycles. The van der Waals surface area contributed by atoms with Crippen LogP contribution >= 0.6 is 11.6 Å². The first kappa shape index (κ1) is 25.0. The number of amides is 1. The Morgan fingerprint density at radius 2 is 1.86 bits per heavy atom. The molecule has 0 bridgehead atoms. The maximum absolute atomic E-state index is 13.2. The molecule has 5 rings (SSSR count). The van der Waals surface area contributed by atoms with E-state index in [1.165, 1.54) is 18.9 Å². The van der Waals surface area contributed by atoms with Gasteiger partial charge >= 0.3 is 5.97 Å². The Balaban J connectivity index is 1.53. The minimum absolute atomic E-state index is 0.0195. The van der Waals surface area contributed by atoms with Crippen LogP contribution in [0.1, 0.15) is 66.2 Å². The van der Waals surface area contributed by atoms with Crippen molar-refractivity contribution in [2.75, 3.05) is 0 Å². The van der Waals surface area contributed by atoms with E-state index >= 15 is 0 Å². The van der Waals surface area contributed by atoms with Gasteiger partial charge < -0.3 is 15.4 Å². The van der Waals surface area contributed by atoms with Crippen LogP contribution in [0.3, 0.4) is 0 Å². The average molecular weight is 516 g/mol. The highest BCUT2D eigenvalue weighted by molar-refractivity contribution is 6.34. The van der Waals surface area contributed by atoms with Gasteiger partial charge in [-0.3, -0.25) is 4.79 Å². The molecule has 1 saturated carbocycles. The fourth-order valence-corrected chi connectivity index (χ4v) is 5.78. The Morgan fingerprint density at radius 3 is 2.59 bits per heavy atom. The van der Waals surface area contributed by atoms with Gasteiger partial charge in [0.2, 0.25) is 0 Å². The third kappa shape index (κ3) is 5.12. The molecule has 1 aliphatic rings. The van der Waals surface area contributed by atoms with Crippen LogP contribution in [0.2, 0.25) is 5.02 Å². The Hall–Kier alpha value is -3.64. The molecule has 6 nitrogen and oxygen atoms in total. The number of carboxylic acid groups (broad SMARTS) is 1. The fourth-order valence-electron chi connectivity index (χ4n) is 5.50. The lowest BCUT2D eigenvalue weighted by molar-refractivity contribution is 0.0697. The quantitative estimate of drug-likeness (QED) is 0.229. The number of benzene rings is 3. The van der Waals surface area contributed by atoms with Gasteiger partial charge in [0.05, 0.1) is 16.6 Å². The van der Waals surface area contributed by atoms with Gasteiger partial charge in [0.1, 0.15) is 5.82 Å². The zero-order valence-electron chi connectivity index (χ0n) is 20.8. The topological polar surface area (TPSA) is 95.1 Å². The summed E-state index contributed by atoms with van der Waals surface area (Å²) in [6.45, 7) is 2.12. The highest BCUT2D eigenvalue weighted by Gasteiger charge is 2.27. The molecule has 7 heteroatoms. The SMILES string of the molecule is CCCC(NC(=O)c1ccc(-c2c(Cl)cccc2-c2nc3ccccc3[nH]2)c(C(=O)O)c1)C1CCCC1. The van der Waals surface area contributed by atoms with E-state index in [4.69, 9.17) is 16.6 Å². The number of H-pyrrole nitrogens is 1. The first-order chi connectivity index (χ1) is 18.0. The van der Waals surface area contributed by atoms with Crippen LogP contribution in [0, 0.1) is 5.92 Å². The summed E-state index contributed by atoms with van der Waals surface area (Å²) in [5.41, 5.74) is 3.71. The minimum atomic E-state index is -1.12. The average Bonchev–Trinajstić information content (AvgIpc) is 3.58. The first-order valence-corrected chi connectivity index (χ1v) is 13.3. The van der Waals surface area contributed by atoms with Gasteiger partial charge in [-0.05, 0) is 61.1 Å². The third-order valence-corrected chi connectivity index (χ3v) is 7.64. The van der Waals surface area contributed by atoms with Gasteiger partial charge in [-0.2, -0.15) is 0 Å². The summed E-state index contributed by atoms with van der Waals surface area (Å²) in [4.78, 5) is 33.6. The number of halogens is 1. The van der Waals surface area contributed by atoms with Crippen LogP contribution < -0.4 is 5.32 Å². The summed E-state index contributed by atoms with van der Waals surface area (Å²) in [6.07, 6.45) is 6.55. The number of fused-ring (bicyclic) bond motifs is 1. The van der Waals surface area contributed by atoms with Crippen LogP contribution in [-0.4, -0.2) is 33.0 Å². The van der Waals surface area contributed by atoms with Crippen LogP contribution in [-0.2, 0) is 0 Å². The van der Waals surface area contributed by atoms with E-state index in [2.05, 4.69) is 17.2 Å². The van der Waals surface area contributed by atoms with E-state index in [1.54, 1.807) is 18.2 Å². The van der Waals surface area contributed by atoms with Crippen LogP contribution in [0.15, 0.2) is 60.7 Å². The maximum Gasteiger partial charge on any atom is 0.336 e. The second-order valence-electron chi connectivity index (χ2n) is 9.74. The molecule has 0 spiro atoms. The lowest BCUT2D eigenvalue weighted by atomic mass is 9.92. The molecule has 1 atom stereocenters. The largest absolute Gasteiger partial charge is 0.478 e. The summed E-state index contributed by atoms with van der Waals surface area (Å²) in [7, 11) is 0. The van der Waals surface area contributed by atoms with E-state index < -0.39 is 5.97 Å². The van der Waals surface area contributed by atoms with Crippen molar-refractivity contribution in [3.63, 3.8) is 0 Å². The van der Waals surface area contributed by atoms with E-state index in [1.807, 2.05) is 36.4 Å². The van der Waals surface area contributed by atoms with Crippen LogP contribution in [0.4, 0.5) is 0 Å². The van der Waals surface area contributed by atoms with E-state index in [-0.39, 0.29) is 17.5 Å². The number of imidazole rings is 1. The Kier molecular flexibility index (Phi) is 7.28. The molecule has 1 aliphatic carbocycles. The van der Waals surface area contributed by atoms with Gasteiger partial charge in [0, 0.05) is 27.8 Å². The molecule has 1 unspecified atom stereocenters. The molecule has 4 aromatic rings. The molecule has 3 N–H and O–H groups in total. The molecular weight excluding hydrogens is 486 g/mol. The second kappa shape index (κ2) is 10.8. The summed E-state index contributed by atoms with van der Waals surface area (Å²) < 4.78 is 0. The number of para-hydroxylation sites is 2. The Morgan fingerprint density at radius 1 is 1.08 bits per heavy atom. The van der Waals surface area contributed by atoms with Crippen LogP contribution in [0.5, 0.6) is 0 Å². The molecule has 1 aromatic heterocycles. The van der Waals surface area contributed by atoms with Gasteiger partial charge in [-0.15, -0.1) is 0 Å². The number of nitrogens with zero attached hydrogens (tertiary/aromatic N) is 1. The standard InChI is InChI=1S/C30H30ClN3O3/c1-2-8-24(18-9-3-4-10-18)34-29(35)19-15-16-20(22(17-19)30(36)37)27-21(11-7-12-23(27)31)28-32-25-13-5-6-14-26(25)33-28/h5-7,11-18,24H,2-4,8-10H2,1H3,(H,32,33)(H,34,35)(H,36,37). The van der Waals surface area contributed by atoms with Crippen molar-refractivity contribution in [2.24, 2.45) is 5.92 Å². The number of aromatic amines is 1. The van der Waals surface area contributed by atoms with Crippen LogP contribution in [0.25, 0.3) is 33.5 Å². The number of aromatic carboxylic acids is 1. The Bertz CT molecular complexity index is 1420. The van der Waals surface area contributed by atoms with Crippen molar-refractivity contribution < 1.29 is 14.7 Å². The molecule has 37 heavy (non-hydrogen) atoms. The number of aromatic nitrogens is 2. The lowest BCUT2D eigenvalue weighted by Crippen LogP contribution is -2.39. The highest BCUT2D eigenvalue weighted by atomic mass is 35.5. The zero-order chi connectivity index (χ0) is 25.9. The van der Waals surface area contributed by atoms with Crippen molar-refractivity contribution in [1.29, 1.82) is 0 Å². The molecule has 0 aliphatic heterocycles. The summed E-state index contributed by atoms with van der Waals surface area (Å²) in [6, 6.07) is 18.0.